The molecule has 0 heterocycles. The van der Waals surface area contributed by atoms with E-state index in [0.717, 1.165) is 0 Å². The maximum atomic E-state index is 12.8. The number of aliphatic hydroxyl groups is 1. The van der Waals surface area contributed by atoms with Gasteiger partial charge in [0.1, 0.15) is 5.75 Å². The number of carbonyl (C=O) groups excluding carboxylic acids is 1. The first kappa shape index (κ1) is 18.1. The largest absolute Gasteiger partial charge is 0.512 e. The van der Waals surface area contributed by atoms with Gasteiger partial charge in [0, 0.05) is 17.9 Å². The average molecular weight is 351 g/mol. The summed E-state index contributed by atoms with van der Waals surface area (Å²) in [7, 11) is -4.74. The van der Waals surface area contributed by atoms with E-state index in [2.05, 4.69) is 4.76 Å². The Kier molecular flexibility index (Phi) is 5.39. The maximum Gasteiger partial charge on any atom is 0.448 e. The van der Waals surface area contributed by atoms with E-state index in [1.54, 1.807) is 19.1 Å². The van der Waals surface area contributed by atoms with Crippen LogP contribution >= 0.6 is 7.75 Å². The van der Waals surface area contributed by atoms with Gasteiger partial charge in [-0.3, -0.25) is 4.79 Å². The molecule has 1 unspecified atom stereocenters. The highest BCUT2D eigenvalue weighted by Gasteiger charge is 2.29. The van der Waals surface area contributed by atoms with Crippen LogP contribution in [-0.4, -0.2) is 31.5 Å². The van der Waals surface area contributed by atoms with Gasteiger partial charge in [-0.1, -0.05) is 19.1 Å². The van der Waals surface area contributed by atoms with Crippen LogP contribution in [0.3, 0.4) is 0 Å². The molecule has 7 nitrogen and oxygen atoms in total. The lowest BCUT2D eigenvalue weighted by molar-refractivity contribution is -0.116. The number of ketones is 1. The van der Waals surface area contributed by atoms with Gasteiger partial charge in [0.2, 0.25) is 0 Å². The maximum absolute atomic E-state index is 12.8. The van der Waals surface area contributed by atoms with E-state index < -0.39 is 13.7 Å². The molecule has 1 aliphatic rings. The van der Waals surface area contributed by atoms with Crippen molar-refractivity contribution in [3.63, 3.8) is 0 Å². The quantitative estimate of drug-likeness (QED) is 0.604. The van der Waals surface area contributed by atoms with Crippen molar-refractivity contribution >= 4 is 19.2 Å². The van der Waals surface area contributed by atoms with Crippen LogP contribution in [0.2, 0.25) is 0 Å². The Balaban J connectivity index is 2.44. The smallest absolute Gasteiger partial charge is 0.448 e. The molecule has 1 atom stereocenters. The van der Waals surface area contributed by atoms with Gasteiger partial charge < -0.3 is 20.0 Å². The molecule has 2 rings (SSSR count). The zero-order chi connectivity index (χ0) is 17.9. The molecule has 0 bridgehead atoms. The summed E-state index contributed by atoms with van der Waals surface area (Å²) in [5, 5.41) is 19.2. The average Bonchev–Trinajstić information content (AvgIpc) is 2.46. The number of allylic oxidation sites excluding steroid dienone is 4. The van der Waals surface area contributed by atoms with Gasteiger partial charge in [-0.15, -0.1) is 0 Å². The highest BCUT2D eigenvalue weighted by Crippen LogP contribution is 2.39. The Morgan fingerprint density at radius 2 is 2.00 bits per heavy atom. The number of rotatable bonds is 5. The molecule has 8 heteroatoms. The third kappa shape index (κ3) is 4.41. The van der Waals surface area contributed by atoms with Gasteiger partial charge in [0.15, 0.2) is 5.78 Å². The van der Waals surface area contributed by atoms with E-state index in [-0.39, 0.29) is 35.0 Å². The van der Waals surface area contributed by atoms with E-state index in [1.807, 2.05) is 0 Å². The Hall–Kier alpha value is -2.21. The number of phenols is 1. The van der Waals surface area contributed by atoms with Crippen molar-refractivity contribution < 1.29 is 29.4 Å². The number of phenolic OH excluding ortho intramolecular Hbond substituents is 1. The molecule has 0 spiro atoms. The summed E-state index contributed by atoms with van der Waals surface area (Å²) in [5.74, 6) is -1.08. The number of benzene rings is 1. The van der Waals surface area contributed by atoms with Gasteiger partial charge in [0.05, 0.1) is 11.5 Å². The summed E-state index contributed by atoms with van der Waals surface area (Å²) < 4.78 is 14.5. The number of aliphatic hydroxyl groups excluding tert-OH is 1. The van der Waals surface area contributed by atoms with Crippen LogP contribution in [0, 0.1) is 0 Å². The standard InChI is InChI=1S/C16H18NO6P/c1-2-13(10-4-3-5-11(18)8-10)16(20)14-7-6-12(19)9-15(14)17-24(21,22)23/h3-8,13,18-19H,2,9H2,1H3,(H2,21,22,23). The Morgan fingerprint density at radius 3 is 2.58 bits per heavy atom. The van der Waals surface area contributed by atoms with Crippen LogP contribution in [0.1, 0.15) is 31.2 Å². The van der Waals surface area contributed by atoms with Crippen LogP contribution in [0.25, 0.3) is 0 Å². The normalized spacial score (nSPS) is 18.0. The summed E-state index contributed by atoms with van der Waals surface area (Å²) in [6, 6.07) is 6.28. The summed E-state index contributed by atoms with van der Waals surface area (Å²) >= 11 is 0. The predicted octanol–water partition coefficient (Wildman–Crippen LogP) is 2.76. The first-order valence-electron chi connectivity index (χ1n) is 7.29. The SMILES string of the molecule is CCC(C(=O)C1=CC=C(O)CC1=NP(=O)(O)O)c1cccc(O)c1. The number of carbonyl (C=O) groups is 1. The molecule has 0 saturated carbocycles. The first-order valence-corrected chi connectivity index (χ1v) is 8.85. The fourth-order valence-corrected chi connectivity index (χ4v) is 3.07. The highest BCUT2D eigenvalue weighted by molar-refractivity contribution is 7.50. The van der Waals surface area contributed by atoms with Crippen molar-refractivity contribution in [2.24, 2.45) is 4.76 Å². The molecule has 0 aliphatic heterocycles. The number of aromatic hydroxyl groups is 1. The molecule has 1 aromatic carbocycles. The lowest BCUT2D eigenvalue weighted by atomic mass is 9.84. The summed E-state index contributed by atoms with van der Waals surface area (Å²) in [6.07, 6.45) is 2.82. The van der Waals surface area contributed by atoms with E-state index in [1.165, 1.54) is 24.3 Å². The molecule has 4 N–H and O–H groups in total. The van der Waals surface area contributed by atoms with Crippen LogP contribution in [0.15, 0.2) is 52.5 Å². The molecule has 128 valence electrons. The number of hydrogen-bond donors (Lipinski definition) is 4. The molecular formula is C16H18NO6P. The van der Waals surface area contributed by atoms with Crippen molar-refractivity contribution in [3.8, 4) is 5.75 Å². The van der Waals surface area contributed by atoms with E-state index in [0.29, 0.717) is 12.0 Å². The van der Waals surface area contributed by atoms with Crippen LogP contribution in [0.4, 0.5) is 0 Å². The third-order valence-corrected chi connectivity index (χ3v) is 4.12. The minimum Gasteiger partial charge on any atom is -0.512 e. The minimum absolute atomic E-state index is 0.0259. The minimum atomic E-state index is -4.74. The van der Waals surface area contributed by atoms with Crippen molar-refractivity contribution in [2.45, 2.75) is 25.7 Å². The molecular weight excluding hydrogens is 333 g/mol. The zero-order valence-corrected chi connectivity index (χ0v) is 13.8. The lowest BCUT2D eigenvalue weighted by Gasteiger charge is -2.20. The third-order valence-electron chi connectivity index (χ3n) is 3.62. The number of Topliss-reactive ketones (excluding diaryl/α,β-unsaturated/α-hetero) is 1. The molecule has 0 radical (unpaired) electrons. The fraction of sp³-hybridized carbons (Fsp3) is 0.250. The number of hydrogen-bond acceptors (Lipinski definition) is 4. The monoisotopic (exact) mass is 351 g/mol. The van der Waals surface area contributed by atoms with Gasteiger partial charge >= 0.3 is 7.75 Å². The van der Waals surface area contributed by atoms with Gasteiger partial charge in [0.25, 0.3) is 0 Å². The number of nitrogens with zero attached hydrogens (tertiary/aromatic N) is 1. The molecule has 0 aromatic heterocycles. The van der Waals surface area contributed by atoms with Crippen LogP contribution in [-0.2, 0) is 9.36 Å². The molecule has 0 saturated heterocycles. The molecule has 0 amide bonds. The summed E-state index contributed by atoms with van der Waals surface area (Å²) in [6.45, 7) is 1.79. The van der Waals surface area contributed by atoms with Crippen molar-refractivity contribution in [1.29, 1.82) is 0 Å². The van der Waals surface area contributed by atoms with E-state index in [4.69, 9.17) is 9.79 Å². The van der Waals surface area contributed by atoms with Gasteiger partial charge in [-0.05, 0) is 36.3 Å². The van der Waals surface area contributed by atoms with Crippen LogP contribution < -0.4 is 0 Å². The molecule has 1 aromatic rings. The van der Waals surface area contributed by atoms with E-state index >= 15 is 0 Å². The Morgan fingerprint density at radius 1 is 1.29 bits per heavy atom. The van der Waals surface area contributed by atoms with Crippen molar-refractivity contribution in [2.75, 3.05) is 0 Å². The predicted molar refractivity (Wildman–Crippen MR) is 89.0 cm³/mol. The lowest BCUT2D eigenvalue weighted by Crippen LogP contribution is -2.22. The Bertz CT molecular complexity index is 790. The van der Waals surface area contributed by atoms with Gasteiger partial charge in [-0.2, -0.15) is 4.76 Å². The molecule has 0 fully saturated rings. The van der Waals surface area contributed by atoms with Gasteiger partial charge in [-0.25, -0.2) is 4.57 Å². The fourth-order valence-electron chi connectivity index (χ4n) is 2.57. The molecule has 1 aliphatic carbocycles. The second-order valence-corrected chi connectivity index (χ2v) is 6.62. The highest BCUT2D eigenvalue weighted by atomic mass is 31.2. The van der Waals surface area contributed by atoms with Crippen molar-refractivity contribution in [3.05, 3.63) is 53.3 Å². The van der Waals surface area contributed by atoms with E-state index in [9.17, 15) is 19.6 Å². The second-order valence-electron chi connectivity index (χ2n) is 5.40. The first-order chi connectivity index (χ1) is 11.2. The topological polar surface area (TPSA) is 127 Å². The Labute approximate surface area is 138 Å². The zero-order valence-electron chi connectivity index (χ0n) is 13.0. The summed E-state index contributed by atoms with van der Waals surface area (Å²) in [4.78, 5) is 31.0. The molecule has 24 heavy (non-hydrogen) atoms. The van der Waals surface area contributed by atoms with Crippen LogP contribution in [0.5, 0.6) is 5.75 Å². The second kappa shape index (κ2) is 7.13. The van der Waals surface area contributed by atoms with Crippen molar-refractivity contribution in [1.82, 2.24) is 0 Å². The summed E-state index contributed by atoms with van der Waals surface area (Å²) in [5.41, 5.74) is 0.496.